The summed E-state index contributed by atoms with van der Waals surface area (Å²) in [4.78, 5) is 14.1. The lowest BCUT2D eigenvalue weighted by molar-refractivity contribution is -0.126. The van der Waals surface area contributed by atoms with E-state index in [4.69, 9.17) is 4.74 Å². The Morgan fingerprint density at radius 2 is 2.43 bits per heavy atom. The highest BCUT2D eigenvalue weighted by Gasteiger charge is 2.32. The molecule has 1 amide bonds. The Morgan fingerprint density at radius 1 is 1.57 bits per heavy atom. The summed E-state index contributed by atoms with van der Waals surface area (Å²) in [7, 11) is 1.65. The van der Waals surface area contributed by atoms with Crippen LogP contribution in [0, 0.1) is 5.82 Å². The Kier molecular flexibility index (Phi) is 4.07. The molecule has 21 heavy (non-hydrogen) atoms. The van der Waals surface area contributed by atoms with E-state index in [1.807, 2.05) is 0 Å². The largest absolute Gasteiger partial charge is 0.488 e. The quantitative estimate of drug-likeness (QED) is 0.833. The molecule has 0 aromatic heterocycles. The van der Waals surface area contributed by atoms with Crippen LogP contribution in [-0.2, 0) is 11.2 Å². The summed E-state index contributed by atoms with van der Waals surface area (Å²) in [5.74, 6) is 0.542. The molecule has 5 nitrogen and oxygen atoms in total. The molecule has 0 bridgehead atoms. The SMILES string of the molecule is CNC(=O)C1CNCCN1CC1Cc2cc(F)ccc2O1. The van der Waals surface area contributed by atoms with E-state index >= 15 is 0 Å². The maximum atomic E-state index is 13.2. The van der Waals surface area contributed by atoms with Crippen LogP contribution in [0.1, 0.15) is 5.56 Å². The number of hydrogen-bond donors (Lipinski definition) is 2. The van der Waals surface area contributed by atoms with Gasteiger partial charge in [0.2, 0.25) is 5.91 Å². The average Bonchev–Trinajstić information content (AvgIpc) is 2.88. The number of carbonyl (C=O) groups excluding carboxylic acids is 1. The Hall–Kier alpha value is -1.66. The number of ether oxygens (including phenoxy) is 1. The number of piperazine rings is 1. The van der Waals surface area contributed by atoms with Gasteiger partial charge in [-0.15, -0.1) is 0 Å². The van der Waals surface area contributed by atoms with Crippen molar-refractivity contribution in [3.05, 3.63) is 29.6 Å². The van der Waals surface area contributed by atoms with Crippen LogP contribution < -0.4 is 15.4 Å². The van der Waals surface area contributed by atoms with E-state index < -0.39 is 0 Å². The van der Waals surface area contributed by atoms with Gasteiger partial charge in [-0.05, 0) is 18.2 Å². The summed E-state index contributed by atoms with van der Waals surface area (Å²) in [6.45, 7) is 2.99. The third-order valence-electron chi connectivity index (χ3n) is 4.11. The zero-order valence-electron chi connectivity index (χ0n) is 12.1. The monoisotopic (exact) mass is 293 g/mol. The Bertz CT molecular complexity index is 538. The zero-order valence-corrected chi connectivity index (χ0v) is 12.1. The fourth-order valence-corrected chi connectivity index (χ4v) is 3.04. The highest BCUT2D eigenvalue weighted by atomic mass is 19.1. The van der Waals surface area contributed by atoms with Gasteiger partial charge in [0.05, 0.1) is 0 Å². The van der Waals surface area contributed by atoms with Crippen LogP contribution in [0.15, 0.2) is 18.2 Å². The molecule has 1 aromatic rings. The maximum absolute atomic E-state index is 13.2. The van der Waals surface area contributed by atoms with Crippen molar-refractivity contribution in [2.75, 3.05) is 33.2 Å². The topological polar surface area (TPSA) is 53.6 Å². The first-order chi connectivity index (χ1) is 10.2. The van der Waals surface area contributed by atoms with Gasteiger partial charge < -0.3 is 15.4 Å². The fourth-order valence-electron chi connectivity index (χ4n) is 3.04. The van der Waals surface area contributed by atoms with Crippen molar-refractivity contribution < 1.29 is 13.9 Å². The van der Waals surface area contributed by atoms with Gasteiger partial charge in [0, 0.05) is 45.2 Å². The number of nitrogens with zero attached hydrogens (tertiary/aromatic N) is 1. The molecule has 114 valence electrons. The number of nitrogens with one attached hydrogen (secondary N) is 2. The van der Waals surface area contributed by atoms with Crippen molar-refractivity contribution in [2.24, 2.45) is 0 Å². The smallest absolute Gasteiger partial charge is 0.238 e. The third kappa shape index (κ3) is 3.01. The predicted molar refractivity (Wildman–Crippen MR) is 76.8 cm³/mol. The Labute approximate surface area is 123 Å². The molecule has 2 aliphatic rings. The van der Waals surface area contributed by atoms with E-state index in [9.17, 15) is 9.18 Å². The Morgan fingerprint density at radius 3 is 3.24 bits per heavy atom. The summed E-state index contributed by atoms with van der Waals surface area (Å²) in [5, 5.41) is 5.94. The first-order valence-electron chi connectivity index (χ1n) is 7.29. The third-order valence-corrected chi connectivity index (χ3v) is 4.11. The van der Waals surface area contributed by atoms with Crippen molar-refractivity contribution in [3.63, 3.8) is 0 Å². The number of benzene rings is 1. The van der Waals surface area contributed by atoms with Crippen LogP contribution in [0.5, 0.6) is 5.75 Å². The van der Waals surface area contributed by atoms with Gasteiger partial charge >= 0.3 is 0 Å². The summed E-state index contributed by atoms with van der Waals surface area (Å²) in [6.07, 6.45) is 0.671. The van der Waals surface area contributed by atoms with E-state index in [1.165, 1.54) is 12.1 Å². The van der Waals surface area contributed by atoms with E-state index in [1.54, 1.807) is 13.1 Å². The number of fused-ring (bicyclic) bond motifs is 1. The van der Waals surface area contributed by atoms with Crippen molar-refractivity contribution in [2.45, 2.75) is 18.6 Å². The average molecular weight is 293 g/mol. The van der Waals surface area contributed by atoms with Crippen molar-refractivity contribution in [1.29, 1.82) is 0 Å². The second-order valence-electron chi connectivity index (χ2n) is 5.53. The number of rotatable bonds is 3. The second kappa shape index (κ2) is 5.99. The molecule has 1 saturated heterocycles. The first-order valence-corrected chi connectivity index (χ1v) is 7.29. The van der Waals surface area contributed by atoms with E-state index in [0.29, 0.717) is 19.5 Å². The van der Waals surface area contributed by atoms with Gasteiger partial charge in [-0.2, -0.15) is 0 Å². The van der Waals surface area contributed by atoms with Crippen LogP contribution in [0.2, 0.25) is 0 Å². The van der Waals surface area contributed by atoms with Gasteiger partial charge in [0.15, 0.2) is 0 Å². The molecule has 2 aliphatic heterocycles. The van der Waals surface area contributed by atoms with Crippen molar-refractivity contribution >= 4 is 5.91 Å². The minimum Gasteiger partial charge on any atom is -0.488 e. The number of halogens is 1. The molecule has 6 heteroatoms. The number of likely N-dealkylation sites (N-methyl/N-ethyl adjacent to an activating group) is 1. The molecule has 0 spiro atoms. The molecule has 0 aliphatic carbocycles. The lowest BCUT2D eigenvalue weighted by atomic mass is 10.1. The fraction of sp³-hybridized carbons (Fsp3) is 0.533. The van der Waals surface area contributed by atoms with Crippen molar-refractivity contribution in [3.8, 4) is 5.75 Å². The number of hydrogen-bond acceptors (Lipinski definition) is 4. The number of carbonyl (C=O) groups is 1. The summed E-state index contributed by atoms with van der Waals surface area (Å²) in [5.41, 5.74) is 0.909. The van der Waals surface area contributed by atoms with E-state index in [-0.39, 0.29) is 23.9 Å². The maximum Gasteiger partial charge on any atom is 0.238 e. The molecule has 2 N–H and O–H groups in total. The summed E-state index contributed by atoms with van der Waals surface area (Å²) in [6, 6.07) is 4.45. The van der Waals surface area contributed by atoms with Gasteiger partial charge in [-0.3, -0.25) is 9.69 Å². The van der Waals surface area contributed by atoms with E-state index in [2.05, 4.69) is 15.5 Å². The minimum absolute atomic E-state index is 0.0174. The van der Waals surface area contributed by atoms with Gasteiger partial charge in [0.25, 0.3) is 0 Å². The van der Waals surface area contributed by atoms with Crippen LogP contribution in [0.25, 0.3) is 0 Å². The van der Waals surface area contributed by atoms with Gasteiger partial charge in [-0.1, -0.05) is 0 Å². The molecule has 1 fully saturated rings. The molecule has 2 unspecified atom stereocenters. The summed E-state index contributed by atoms with van der Waals surface area (Å²) >= 11 is 0. The standard InChI is InChI=1S/C15H20FN3O2/c1-17-15(20)13-8-18-4-5-19(13)9-12-7-10-6-11(16)2-3-14(10)21-12/h2-3,6,12-13,18H,4-5,7-9H2,1H3,(H,17,20). The van der Waals surface area contributed by atoms with Crippen LogP contribution in [-0.4, -0.2) is 56.2 Å². The van der Waals surface area contributed by atoms with Crippen LogP contribution >= 0.6 is 0 Å². The molecule has 2 heterocycles. The van der Waals surface area contributed by atoms with Gasteiger partial charge in [0.1, 0.15) is 23.7 Å². The summed E-state index contributed by atoms with van der Waals surface area (Å²) < 4.78 is 19.1. The molecular formula is C15H20FN3O2. The highest BCUT2D eigenvalue weighted by Crippen LogP contribution is 2.29. The first kappa shape index (κ1) is 14.3. The second-order valence-corrected chi connectivity index (χ2v) is 5.53. The molecular weight excluding hydrogens is 273 g/mol. The normalized spacial score (nSPS) is 25.2. The molecule has 2 atom stereocenters. The molecule has 0 radical (unpaired) electrons. The molecule has 1 aromatic carbocycles. The van der Waals surface area contributed by atoms with Crippen LogP contribution in [0.4, 0.5) is 4.39 Å². The van der Waals surface area contributed by atoms with Crippen LogP contribution in [0.3, 0.4) is 0 Å². The van der Waals surface area contributed by atoms with E-state index in [0.717, 1.165) is 24.4 Å². The zero-order chi connectivity index (χ0) is 14.8. The molecule has 0 saturated carbocycles. The Balaban J connectivity index is 1.65. The van der Waals surface area contributed by atoms with Gasteiger partial charge in [-0.25, -0.2) is 4.39 Å². The highest BCUT2D eigenvalue weighted by molar-refractivity contribution is 5.81. The lowest BCUT2D eigenvalue weighted by Gasteiger charge is -2.36. The molecule has 3 rings (SSSR count). The minimum atomic E-state index is -0.233. The number of amides is 1. The predicted octanol–water partition coefficient (Wildman–Crippen LogP) is 0.149. The lowest BCUT2D eigenvalue weighted by Crippen LogP contribution is -2.59. The van der Waals surface area contributed by atoms with Crippen molar-refractivity contribution in [1.82, 2.24) is 15.5 Å².